The molecule has 2 aromatic rings. The highest BCUT2D eigenvalue weighted by Gasteiger charge is 2.40. The zero-order valence-electron chi connectivity index (χ0n) is 17.1. The maximum absolute atomic E-state index is 13.3. The normalized spacial score (nSPS) is 20.0. The number of rotatable bonds is 7. The number of hydrogen-bond donors (Lipinski definition) is 0. The van der Waals surface area contributed by atoms with Crippen molar-refractivity contribution in [1.29, 1.82) is 0 Å². The molecule has 8 heteroatoms. The summed E-state index contributed by atoms with van der Waals surface area (Å²) in [5.74, 6) is 0.411. The van der Waals surface area contributed by atoms with Crippen LogP contribution in [0.1, 0.15) is 26.7 Å². The van der Waals surface area contributed by atoms with Gasteiger partial charge in [-0.2, -0.15) is 0 Å². The molecule has 1 fully saturated rings. The Balaban J connectivity index is 1.78. The molecular weight excluding hydrogens is 426 g/mol. The van der Waals surface area contributed by atoms with Gasteiger partial charge < -0.3 is 9.47 Å². The van der Waals surface area contributed by atoms with Gasteiger partial charge in [-0.1, -0.05) is 18.5 Å². The second kappa shape index (κ2) is 9.81. The number of benzene rings is 2. The molecule has 0 saturated carbocycles. The Bertz CT molecular complexity index is 960. The molecule has 6 nitrogen and oxygen atoms in total. The van der Waals surface area contributed by atoms with E-state index in [2.05, 4.69) is 0 Å². The highest BCUT2D eigenvalue weighted by atomic mass is 35.5. The molecule has 1 aliphatic rings. The van der Waals surface area contributed by atoms with Gasteiger partial charge in [0.05, 0.1) is 17.4 Å². The topological polar surface area (TPSA) is 72.9 Å². The van der Waals surface area contributed by atoms with E-state index in [1.54, 1.807) is 55.5 Å². The number of likely N-dealkylation sites (tertiary alicyclic amines) is 1. The van der Waals surface area contributed by atoms with Crippen LogP contribution < -0.4 is 4.74 Å². The van der Waals surface area contributed by atoms with Crippen LogP contribution in [0.25, 0.3) is 0 Å². The van der Waals surface area contributed by atoms with Crippen LogP contribution >= 0.6 is 11.6 Å². The van der Waals surface area contributed by atoms with Gasteiger partial charge in [-0.3, -0.25) is 9.69 Å². The highest BCUT2D eigenvalue weighted by molar-refractivity contribution is 7.92. The Morgan fingerprint density at radius 3 is 2.23 bits per heavy atom. The summed E-state index contributed by atoms with van der Waals surface area (Å²) in [6.45, 7) is 5.11. The van der Waals surface area contributed by atoms with Gasteiger partial charge in [-0.25, -0.2) is 8.42 Å². The molecule has 0 amide bonds. The number of ether oxygens (including phenoxy) is 2. The van der Waals surface area contributed by atoms with Gasteiger partial charge in [-0.05, 0) is 74.8 Å². The van der Waals surface area contributed by atoms with Gasteiger partial charge >= 0.3 is 5.97 Å². The third-order valence-corrected chi connectivity index (χ3v) is 7.63. The molecule has 0 N–H and O–H groups in total. The van der Waals surface area contributed by atoms with E-state index < -0.39 is 21.1 Å². The number of carbonyl (C=O) groups excluding carboxylic acids is 1. The zero-order valence-corrected chi connectivity index (χ0v) is 18.7. The molecule has 3 rings (SSSR count). The molecule has 0 radical (unpaired) electrons. The van der Waals surface area contributed by atoms with E-state index in [0.29, 0.717) is 42.6 Å². The molecule has 1 aliphatic heterocycles. The fraction of sp³-hybridized carbons (Fsp3) is 0.409. The van der Waals surface area contributed by atoms with Crippen LogP contribution in [0.4, 0.5) is 0 Å². The number of piperidine rings is 1. The van der Waals surface area contributed by atoms with Gasteiger partial charge in [-0.15, -0.1) is 0 Å². The van der Waals surface area contributed by atoms with Crippen molar-refractivity contribution < 1.29 is 22.7 Å². The minimum absolute atomic E-state index is 0.207. The van der Waals surface area contributed by atoms with Crippen molar-refractivity contribution in [2.75, 3.05) is 19.7 Å². The van der Waals surface area contributed by atoms with Crippen LogP contribution in [-0.4, -0.2) is 44.4 Å². The summed E-state index contributed by atoms with van der Waals surface area (Å²) < 4.78 is 37.5. The molecule has 0 aliphatic carbocycles. The fourth-order valence-corrected chi connectivity index (χ4v) is 5.72. The van der Waals surface area contributed by atoms with Crippen molar-refractivity contribution in [2.24, 2.45) is 5.92 Å². The Hall–Kier alpha value is -2.09. The number of nitrogens with zero attached hydrogens (tertiary/aromatic N) is 1. The molecule has 2 aromatic carbocycles. The van der Waals surface area contributed by atoms with Crippen LogP contribution in [0.15, 0.2) is 53.4 Å². The van der Waals surface area contributed by atoms with Crippen LogP contribution in [0.3, 0.4) is 0 Å². The Labute approximate surface area is 182 Å². The number of esters is 1. The molecule has 0 bridgehead atoms. The van der Waals surface area contributed by atoms with E-state index in [9.17, 15) is 13.2 Å². The van der Waals surface area contributed by atoms with E-state index >= 15 is 0 Å². The molecule has 0 spiro atoms. The van der Waals surface area contributed by atoms with Crippen molar-refractivity contribution in [2.45, 2.75) is 37.0 Å². The summed E-state index contributed by atoms with van der Waals surface area (Å²) >= 11 is 5.88. The SMILES string of the molecule is CCOC(=O)C1CCN(CC)C(S(=O)(=O)c2ccc(Oc3ccc(Cl)cc3)cc2)C1. The smallest absolute Gasteiger partial charge is 0.309 e. The van der Waals surface area contributed by atoms with Gasteiger partial charge in [0.15, 0.2) is 9.84 Å². The average molecular weight is 452 g/mol. The van der Waals surface area contributed by atoms with E-state index in [-0.39, 0.29) is 17.3 Å². The Morgan fingerprint density at radius 2 is 1.67 bits per heavy atom. The quantitative estimate of drug-likeness (QED) is 0.576. The fourth-order valence-electron chi connectivity index (χ4n) is 3.63. The van der Waals surface area contributed by atoms with Crippen LogP contribution in [0, 0.1) is 5.92 Å². The van der Waals surface area contributed by atoms with Gasteiger partial charge in [0.1, 0.15) is 16.9 Å². The number of halogens is 1. The maximum atomic E-state index is 13.3. The lowest BCUT2D eigenvalue weighted by Gasteiger charge is -2.37. The Kier molecular flexibility index (Phi) is 7.39. The average Bonchev–Trinajstić information content (AvgIpc) is 2.75. The maximum Gasteiger partial charge on any atom is 0.309 e. The summed E-state index contributed by atoms with van der Waals surface area (Å²) in [6.07, 6.45) is 0.838. The molecular formula is C22H26ClNO5S. The largest absolute Gasteiger partial charge is 0.466 e. The van der Waals surface area contributed by atoms with Crippen LogP contribution in [0.5, 0.6) is 11.5 Å². The molecule has 1 heterocycles. The summed E-state index contributed by atoms with van der Waals surface area (Å²) in [6, 6.07) is 13.3. The third kappa shape index (κ3) is 5.14. The number of hydrogen-bond acceptors (Lipinski definition) is 6. The van der Waals surface area contributed by atoms with Crippen molar-refractivity contribution in [3.05, 3.63) is 53.6 Å². The Morgan fingerprint density at radius 1 is 1.07 bits per heavy atom. The van der Waals surface area contributed by atoms with Crippen molar-refractivity contribution in [1.82, 2.24) is 4.90 Å². The minimum Gasteiger partial charge on any atom is -0.466 e. The van der Waals surface area contributed by atoms with Crippen LogP contribution in [-0.2, 0) is 19.4 Å². The number of sulfone groups is 1. The van der Waals surface area contributed by atoms with Gasteiger partial charge in [0.2, 0.25) is 0 Å². The first-order valence-electron chi connectivity index (χ1n) is 10.0. The zero-order chi connectivity index (χ0) is 21.7. The van der Waals surface area contributed by atoms with Crippen molar-refractivity contribution >= 4 is 27.4 Å². The summed E-state index contributed by atoms with van der Waals surface area (Å²) in [5.41, 5.74) is 0. The van der Waals surface area contributed by atoms with E-state index in [0.717, 1.165) is 0 Å². The standard InChI is InChI=1S/C22H26ClNO5S/c1-3-24-14-13-16(22(25)28-4-2)15-21(24)30(26,27)20-11-9-19(10-12-20)29-18-7-5-17(23)6-8-18/h5-12,16,21H,3-4,13-15H2,1-2H3. The summed E-state index contributed by atoms with van der Waals surface area (Å²) in [5, 5.41) is -0.147. The van der Waals surface area contributed by atoms with Crippen molar-refractivity contribution in [3.8, 4) is 11.5 Å². The molecule has 2 atom stereocenters. The minimum atomic E-state index is -3.65. The predicted octanol–water partition coefficient (Wildman–Crippen LogP) is 4.53. The third-order valence-electron chi connectivity index (χ3n) is 5.24. The molecule has 2 unspecified atom stereocenters. The van der Waals surface area contributed by atoms with E-state index in [4.69, 9.17) is 21.1 Å². The predicted molar refractivity (Wildman–Crippen MR) is 116 cm³/mol. The second-order valence-corrected chi connectivity index (χ2v) is 9.67. The molecule has 162 valence electrons. The first kappa shape index (κ1) is 22.6. The second-order valence-electron chi connectivity index (χ2n) is 7.13. The van der Waals surface area contributed by atoms with Gasteiger partial charge in [0, 0.05) is 11.6 Å². The van der Waals surface area contributed by atoms with Crippen LogP contribution in [0.2, 0.25) is 5.02 Å². The summed E-state index contributed by atoms with van der Waals surface area (Å²) in [7, 11) is -3.65. The monoisotopic (exact) mass is 451 g/mol. The first-order valence-corrected chi connectivity index (χ1v) is 12.0. The van der Waals surface area contributed by atoms with Crippen molar-refractivity contribution in [3.63, 3.8) is 0 Å². The van der Waals surface area contributed by atoms with E-state index in [1.807, 2.05) is 11.8 Å². The van der Waals surface area contributed by atoms with E-state index in [1.165, 1.54) is 0 Å². The van der Waals surface area contributed by atoms with Gasteiger partial charge in [0.25, 0.3) is 0 Å². The lowest BCUT2D eigenvalue weighted by atomic mass is 9.97. The highest BCUT2D eigenvalue weighted by Crippen LogP contribution is 2.32. The lowest BCUT2D eigenvalue weighted by Crippen LogP contribution is -2.48. The molecule has 1 saturated heterocycles. The number of carbonyl (C=O) groups is 1. The summed E-state index contributed by atoms with van der Waals surface area (Å²) in [4.78, 5) is 14.3. The first-order chi connectivity index (χ1) is 14.3. The molecule has 30 heavy (non-hydrogen) atoms. The lowest BCUT2D eigenvalue weighted by molar-refractivity contribution is -0.149. The molecule has 0 aromatic heterocycles.